The van der Waals surface area contributed by atoms with Crippen molar-refractivity contribution in [2.24, 2.45) is 7.05 Å². The van der Waals surface area contributed by atoms with Crippen LogP contribution in [0.1, 0.15) is 23.7 Å². The van der Waals surface area contributed by atoms with Crippen LogP contribution in [0.4, 0.5) is 23.1 Å². The van der Waals surface area contributed by atoms with Gasteiger partial charge in [-0.25, -0.2) is 4.98 Å². The molecule has 188 valence electrons. The smallest absolute Gasteiger partial charge is 0.229 e. The standard InChI is InChI=1S/C30H32N6S/c1-6-37(26-14-7-21(2)8-15-26)20-23-9-11-24(12-10-23)32-30-31-18-17-29(33-30)35(4)25-13-16-27-22(3)36(5)34-28(27)19-25/h6-19H,20H2,1-5H3,(H,31,32,33). The highest BCUT2D eigenvalue weighted by atomic mass is 32.2. The van der Waals surface area contributed by atoms with E-state index in [1.807, 2.05) is 29.7 Å². The number of benzene rings is 3. The van der Waals surface area contributed by atoms with Gasteiger partial charge in [0.1, 0.15) is 5.82 Å². The number of fused-ring (bicyclic) bond motifs is 1. The molecule has 0 aliphatic heterocycles. The zero-order valence-electron chi connectivity index (χ0n) is 21.9. The average molecular weight is 509 g/mol. The molecule has 0 amide bonds. The maximum atomic E-state index is 4.75. The number of anilines is 4. The van der Waals surface area contributed by atoms with E-state index < -0.39 is 0 Å². The molecule has 3 aromatic carbocycles. The van der Waals surface area contributed by atoms with Gasteiger partial charge in [0.25, 0.3) is 0 Å². The van der Waals surface area contributed by atoms with Crippen molar-refractivity contribution in [3.63, 3.8) is 0 Å². The van der Waals surface area contributed by atoms with E-state index in [1.54, 1.807) is 6.20 Å². The number of aryl methyl sites for hydroxylation is 3. The minimum Gasteiger partial charge on any atom is -0.329 e. The van der Waals surface area contributed by atoms with Crippen LogP contribution < -0.4 is 10.2 Å². The van der Waals surface area contributed by atoms with Crippen LogP contribution in [-0.2, 0) is 12.8 Å². The lowest BCUT2D eigenvalue weighted by molar-refractivity contribution is 0.751. The van der Waals surface area contributed by atoms with Crippen LogP contribution in [0.3, 0.4) is 0 Å². The Morgan fingerprint density at radius 1 is 0.973 bits per heavy atom. The van der Waals surface area contributed by atoms with Gasteiger partial charge in [-0.1, -0.05) is 35.2 Å². The molecule has 7 heteroatoms. The Morgan fingerprint density at radius 2 is 1.73 bits per heavy atom. The predicted octanol–water partition coefficient (Wildman–Crippen LogP) is 7.14. The summed E-state index contributed by atoms with van der Waals surface area (Å²) in [6.07, 6.45) is 1.78. The summed E-state index contributed by atoms with van der Waals surface area (Å²) >= 11 is 0. The highest BCUT2D eigenvalue weighted by molar-refractivity contribution is 8.14. The van der Waals surface area contributed by atoms with E-state index in [0.717, 1.165) is 39.5 Å². The molecule has 2 heterocycles. The third-order valence-electron chi connectivity index (χ3n) is 6.63. The Kier molecular flexibility index (Phi) is 7.06. The summed E-state index contributed by atoms with van der Waals surface area (Å²) in [5.74, 6) is 2.37. The fourth-order valence-corrected chi connectivity index (χ4v) is 5.91. The molecule has 0 saturated carbocycles. The highest BCUT2D eigenvalue weighted by Crippen LogP contribution is 2.31. The summed E-state index contributed by atoms with van der Waals surface area (Å²) < 4.78 is 1.91. The third-order valence-corrected chi connectivity index (χ3v) is 8.72. The number of aromatic nitrogens is 4. The molecule has 2 aromatic heterocycles. The fourth-order valence-electron chi connectivity index (χ4n) is 4.27. The van der Waals surface area contributed by atoms with Crippen LogP contribution >= 0.6 is 10.5 Å². The normalized spacial score (nSPS) is 12.1. The molecular weight excluding hydrogens is 476 g/mol. The van der Waals surface area contributed by atoms with E-state index in [4.69, 9.17) is 4.98 Å². The first-order chi connectivity index (χ1) is 17.9. The molecule has 5 aromatic rings. The second-order valence-electron chi connectivity index (χ2n) is 9.15. The van der Waals surface area contributed by atoms with E-state index in [-0.39, 0.29) is 10.5 Å². The van der Waals surface area contributed by atoms with Crippen molar-refractivity contribution in [2.75, 3.05) is 17.3 Å². The first-order valence-electron chi connectivity index (χ1n) is 12.3. The van der Waals surface area contributed by atoms with Crippen LogP contribution in [0.15, 0.2) is 83.9 Å². The molecule has 0 aliphatic rings. The minimum atomic E-state index is 0.0842. The molecule has 0 spiro atoms. The molecule has 0 saturated heterocycles. The van der Waals surface area contributed by atoms with Gasteiger partial charge in [-0.05, 0) is 74.9 Å². The lowest BCUT2D eigenvalue weighted by atomic mass is 10.2. The maximum absolute atomic E-state index is 4.75. The zero-order chi connectivity index (χ0) is 25.9. The summed E-state index contributed by atoms with van der Waals surface area (Å²) in [7, 11) is 4.06. The lowest BCUT2D eigenvalue weighted by Crippen LogP contribution is -2.12. The molecule has 37 heavy (non-hydrogen) atoms. The van der Waals surface area contributed by atoms with Crippen molar-refractivity contribution in [2.45, 2.75) is 31.4 Å². The molecule has 0 fully saturated rings. The largest absolute Gasteiger partial charge is 0.329 e. The van der Waals surface area contributed by atoms with Crippen molar-refractivity contribution in [1.82, 2.24) is 19.7 Å². The van der Waals surface area contributed by atoms with E-state index >= 15 is 0 Å². The van der Waals surface area contributed by atoms with Crippen LogP contribution in [0.2, 0.25) is 0 Å². The summed E-state index contributed by atoms with van der Waals surface area (Å²) in [4.78, 5) is 12.6. The average Bonchev–Trinajstić information content (AvgIpc) is 3.21. The number of hydrogen-bond donors (Lipinski definition) is 1. The Morgan fingerprint density at radius 3 is 2.46 bits per heavy atom. The van der Waals surface area contributed by atoms with Crippen molar-refractivity contribution < 1.29 is 0 Å². The Hall–Kier alpha value is -3.97. The number of nitrogens with one attached hydrogen (secondary N) is 1. The van der Waals surface area contributed by atoms with Gasteiger partial charge in [0.2, 0.25) is 5.95 Å². The molecule has 1 atom stereocenters. The molecule has 0 aliphatic carbocycles. The second-order valence-corrected chi connectivity index (χ2v) is 11.2. The fraction of sp³-hybridized carbons (Fsp3) is 0.200. The molecule has 0 radical (unpaired) electrons. The van der Waals surface area contributed by atoms with E-state index in [1.165, 1.54) is 16.0 Å². The molecule has 0 bridgehead atoms. The summed E-state index contributed by atoms with van der Waals surface area (Å²) in [6, 6.07) is 25.6. The third kappa shape index (κ3) is 5.42. The van der Waals surface area contributed by atoms with Crippen LogP contribution in [0.5, 0.6) is 0 Å². The summed E-state index contributed by atoms with van der Waals surface area (Å²) in [5, 5.41) is 11.4. The number of rotatable bonds is 7. The topological polar surface area (TPSA) is 58.9 Å². The monoisotopic (exact) mass is 508 g/mol. The number of hydrogen-bond acceptors (Lipinski definition) is 5. The van der Waals surface area contributed by atoms with Gasteiger partial charge in [0.05, 0.1) is 5.52 Å². The van der Waals surface area contributed by atoms with Gasteiger partial charge in [-0.2, -0.15) is 20.6 Å². The SMILES string of the molecule is C/C=S(\Cc1ccc(Nc2nccc(N(C)c3ccc4c(C)n(C)nc4c3)n2)cc1)c1ccc(C)cc1. The van der Waals surface area contributed by atoms with Gasteiger partial charge in [0, 0.05) is 53.4 Å². The maximum Gasteiger partial charge on any atom is 0.229 e. The molecular formula is C30H32N6S. The second kappa shape index (κ2) is 10.6. The van der Waals surface area contributed by atoms with Crippen LogP contribution in [0.25, 0.3) is 10.9 Å². The quantitative estimate of drug-likeness (QED) is 0.237. The zero-order valence-corrected chi connectivity index (χ0v) is 22.8. The minimum absolute atomic E-state index is 0.0842. The summed E-state index contributed by atoms with van der Waals surface area (Å²) in [5.41, 5.74) is 6.72. The van der Waals surface area contributed by atoms with E-state index in [9.17, 15) is 0 Å². The van der Waals surface area contributed by atoms with Gasteiger partial charge >= 0.3 is 0 Å². The lowest BCUT2D eigenvalue weighted by Gasteiger charge is -2.19. The summed E-state index contributed by atoms with van der Waals surface area (Å²) in [6.45, 7) is 6.36. The first-order valence-corrected chi connectivity index (χ1v) is 13.8. The highest BCUT2D eigenvalue weighted by Gasteiger charge is 2.11. The molecule has 1 unspecified atom stereocenters. The van der Waals surface area contributed by atoms with Crippen LogP contribution in [-0.4, -0.2) is 32.2 Å². The van der Waals surface area contributed by atoms with Gasteiger partial charge in [-0.15, -0.1) is 0 Å². The Labute approximate surface area is 220 Å². The van der Waals surface area contributed by atoms with E-state index in [0.29, 0.717) is 5.95 Å². The van der Waals surface area contributed by atoms with Crippen molar-refractivity contribution in [3.05, 3.63) is 95.8 Å². The van der Waals surface area contributed by atoms with Crippen LogP contribution in [0, 0.1) is 13.8 Å². The van der Waals surface area contributed by atoms with E-state index in [2.05, 4.69) is 108 Å². The first kappa shape index (κ1) is 24.7. The number of nitrogens with zero attached hydrogens (tertiary/aromatic N) is 5. The Bertz CT molecular complexity index is 1570. The van der Waals surface area contributed by atoms with Gasteiger partial charge < -0.3 is 10.2 Å². The molecule has 6 nitrogen and oxygen atoms in total. The van der Waals surface area contributed by atoms with Gasteiger partial charge in [0.15, 0.2) is 0 Å². The van der Waals surface area contributed by atoms with Crippen molar-refractivity contribution in [3.8, 4) is 0 Å². The predicted molar refractivity (Wildman–Crippen MR) is 158 cm³/mol. The molecule has 5 rings (SSSR count). The van der Waals surface area contributed by atoms with Crippen molar-refractivity contribution in [1.29, 1.82) is 0 Å². The Balaban J connectivity index is 1.29. The van der Waals surface area contributed by atoms with Gasteiger partial charge in [-0.3, -0.25) is 4.68 Å². The molecule has 1 N–H and O–H groups in total. The van der Waals surface area contributed by atoms with Crippen molar-refractivity contribution >= 4 is 49.9 Å².